The largest absolute Gasteiger partial charge is 0.321 e. The molecule has 2 aromatic carbocycles. The molecule has 0 unspecified atom stereocenters. The van der Waals surface area contributed by atoms with Crippen molar-refractivity contribution in [2.24, 2.45) is 0 Å². The van der Waals surface area contributed by atoms with Gasteiger partial charge in [-0.1, -0.05) is 12.1 Å². The number of nitrogens with one attached hydrogen (secondary N) is 1. The molecule has 0 atom stereocenters. The van der Waals surface area contributed by atoms with Gasteiger partial charge in [-0.15, -0.1) is 0 Å². The highest BCUT2D eigenvalue weighted by Gasteiger charge is 2.16. The van der Waals surface area contributed by atoms with Crippen molar-refractivity contribution in [2.75, 3.05) is 16.8 Å². The molecule has 128 valence electrons. The van der Waals surface area contributed by atoms with Crippen LogP contribution in [0.15, 0.2) is 42.5 Å². The van der Waals surface area contributed by atoms with Crippen LogP contribution in [0.4, 0.5) is 20.2 Å². The summed E-state index contributed by atoms with van der Waals surface area (Å²) in [5.41, 5.74) is 0.325. The molecule has 0 radical (unpaired) electrons. The second kappa shape index (κ2) is 8.02. The van der Waals surface area contributed by atoms with E-state index in [1.165, 1.54) is 24.0 Å². The minimum atomic E-state index is -0.876. The number of hydrogen-bond acceptors (Lipinski definition) is 3. The lowest BCUT2D eigenvalue weighted by Crippen LogP contribution is -2.32. The maximum absolute atomic E-state index is 13.5. The lowest BCUT2D eigenvalue weighted by molar-refractivity contribution is -0.117. The van der Waals surface area contributed by atoms with Gasteiger partial charge in [0.2, 0.25) is 11.8 Å². The molecule has 0 aliphatic heterocycles. The van der Waals surface area contributed by atoms with Gasteiger partial charge < -0.3 is 10.2 Å². The standard InChI is InChI=1S/C18H15F2N3O2/c1-12(24)23(14-5-2-4-13(10-14)11-21)9-8-17(25)22-18-15(19)6-3-7-16(18)20/h2-7,10H,8-9H2,1H3,(H,22,25). The Morgan fingerprint density at radius 3 is 2.40 bits per heavy atom. The van der Waals surface area contributed by atoms with Gasteiger partial charge in [0.15, 0.2) is 0 Å². The summed E-state index contributed by atoms with van der Waals surface area (Å²) in [5, 5.41) is 11.1. The van der Waals surface area contributed by atoms with Crippen molar-refractivity contribution < 1.29 is 18.4 Å². The van der Waals surface area contributed by atoms with Crippen molar-refractivity contribution in [3.8, 4) is 6.07 Å². The maximum atomic E-state index is 13.5. The van der Waals surface area contributed by atoms with Gasteiger partial charge >= 0.3 is 0 Å². The van der Waals surface area contributed by atoms with Crippen molar-refractivity contribution in [1.29, 1.82) is 5.26 Å². The van der Waals surface area contributed by atoms with Gasteiger partial charge in [0.05, 0.1) is 11.6 Å². The molecule has 0 fully saturated rings. The van der Waals surface area contributed by atoms with Crippen LogP contribution in [0.2, 0.25) is 0 Å². The molecule has 25 heavy (non-hydrogen) atoms. The van der Waals surface area contributed by atoms with Gasteiger partial charge in [-0.05, 0) is 30.3 Å². The normalized spacial score (nSPS) is 10.0. The molecule has 0 aromatic heterocycles. The first-order chi connectivity index (χ1) is 11.9. The fourth-order valence-corrected chi connectivity index (χ4v) is 2.24. The Morgan fingerprint density at radius 2 is 1.80 bits per heavy atom. The van der Waals surface area contributed by atoms with E-state index >= 15 is 0 Å². The molecule has 0 aliphatic carbocycles. The predicted octanol–water partition coefficient (Wildman–Crippen LogP) is 3.22. The topological polar surface area (TPSA) is 73.2 Å². The molecule has 1 N–H and O–H groups in total. The highest BCUT2D eigenvalue weighted by molar-refractivity contribution is 5.95. The van der Waals surface area contributed by atoms with E-state index in [0.29, 0.717) is 11.3 Å². The van der Waals surface area contributed by atoms with Gasteiger partial charge in [0.25, 0.3) is 0 Å². The summed E-state index contributed by atoms with van der Waals surface area (Å²) < 4.78 is 27.1. The number of amides is 2. The Bertz CT molecular complexity index is 826. The summed E-state index contributed by atoms with van der Waals surface area (Å²) in [6.45, 7) is 1.33. The van der Waals surface area contributed by atoms with Crippen molar-refractivity contribution in [2.45, 2.75) is 13.3 Å². The number of benzene rings is 2. The van der Waals surface area contributed by atoms with E-state index in [9.17, 15) is 18.4 Å². The SMILES string of the molecule is CC(=O)N(CCC(=O)Nc1c(F)cccc1F)c1cccc(C#N)c1. The zero-order chi connectivity index (χ0) is 18.4. The highest BCUT2D eigenvalue weighted by atomic mass is 19.1. The molecule has 0 heterocycles. The molecule has 0 aliphatic rings. The summed E-state index contributed by atoms with van der Waals surface area (Å²) in [5.74, 6) is -2.70. The average Bonchev–Trinajstić information content (AvgIpc) is 2.58. The Kier molecular flexibility index (Phi) is 5.79. The average molecular weight is 343 g/mol. The maximum Gasteiger partial charge on any atom is 0.226 e. The smallest absolute Gasteiger partial charge is 0.226 e. The van der Waals surface area contributed by atoms with Crippen molar-refractivity contribution >= 4 is 23.2 Å². The minimum Gasteiger partial charge on any atom is -0.321 e. The number of carbonyl (C=O) groups excluding carboxylic acids is 2. The molecule has 0 saturated heterocycles. The Hall–Kier alpha value is -3.27. The van der Waals surface area contributed by atoms with Crippen LogP contribution in [0, 0.1) is 23.0 Å². The lowest BCUT2D eigenvalue weighted by atomic mass is 10.2. The van der Waals surface area contributed by atoms with Crippen molar-refractivity contribution in [3.63, 3.8) is 0 Å². The molecule has 5 nitrogen and oxygen atoms in total. The third-order valence-corrected chi connectivity index (χ3v) is 3.46. The van der Waals surface area contributed by atoms with Gasteiger partial charge in [-0.3, -0.25) is 9.59 Å². The van der Waals surface area contributed by atoms with E-state index in [1.54, 1.807) is 18.2 Å². The van der Waals surface area contributed by atoms with Crippen LogP contribution in [-0.4, -0.2) is 18.4 Å². The van der Waals surface area contributed by atoms with Crippen LogP contribution >= 0.6 is 0 Å². The van der Waals surface area contributed by atoms with E-state index < -0.39 is 23.2 Å². The second-order valence-electron chi connectivity index (χ2n) is 5.23. The number of nitrogens with zero attached hydrogens (tertiary/aromatic N) is 2. The second-order valence-corrected chi connectivity index (χ2v) is 5.23. The number of carbonyl (C=O) groups is 2. The number of halogens is 2. The van der Waals surface area contributed by atoms with E-state index in [2.05, 4.69) is 5.32 Å². The van der Waals surface area contributed by atoms with E-state index in [0.717, 1.165) is 12.1 Å². The fraction of sp³-hybridized carbons (Fsp3) is 0.167. The quantitative estimate of drug-likeness (QED) is 0.906. The van der Waals surface area contributed by atoms with E-state index in [4.69, 9.17) is 5.26 Å². The fourth-order valence-electron chi connectivity index (χ4n) is 2.24. The summed E-state index contributed by atoms with van der Waals surface area (Å²) in [4.78, 5) is 25.1. The first kappa shape index (κ1) is 18.1. The Morgan fingerprint density at radius 1 is 1.16 bits per heavy atom. The van der Waals surface area contributed by atoms with E-state index in [1.807, 2.05) is 6.07 Å². The molecule has 2 aromatic rings. The van der Waals surface area contributed by atoms with Crippen LogP contribution in [0.5, 0.6) is 0 Å². The number of para-hydroxylation sites is 1. The molecule has 0 spiro atoms. The van der Waals surface area contributed by atoms with Crippen LogP contribution < -0.4 is 10.2 Å². The third kappa shape index (κ3) is 4.61. The third-order valence-electron chi connectivity index (χ3n) is 3.46. The first-order valence-corrected chi connectivity index (χ1v) is 7.44. The molecule has 0 bridgehead atoms. The summed E-state index contributed by atoms with van der Waals surface area (Å²) in [6, 6.07) is 11.6. The highest BCUT2D eigenvalue weighted by Crippen LogP contribution is 2.19. The van der Waals surface area contributed by atoms with Crippen LogP contribution in [0.25, 0.3) is 0 Å². The Balaban J connectivity index is 2.07. The van der Waals surface area contributed by atoms with Crippen LogP contribution in [0.1, 0.15) is 18.9 Å². The van der Waals surface area contributed by atoms with Gasteiger partial charge in [0, 0.05) is 25.6 Å². The molecule has 7 heteroatoms. The lowest BCUT2D eigenvalue weighted by Gasteiger charge is -2.21. The summed E-state index contributed by atoms with van der Waals surface area (Å²) in [7, 11) is 0. The zero-order valence-corrected chi connectivity index (χ0v) is 13.4. The molecule has 2 rings (SSSR count). The van der Waals surface area contributed by atoms with Crippen molar-refractivity contribution in [1.82, 2.24) is 0 Å². The van der Waals surface area contributed by atoms with E-state index in [-0.39, 0.29) is 18.9 Å². The van der Waals surface area contributed by atoms with Crippen LogP contribution in [0.3, 0.4) is 0 Å². The molecule has 0 saturated carbocycles. The number of rotatable bonds is 5. The van der Waals surface area contributed by atoms with Crippen LogP contribution in [-0.2, 0) is 9.59 Å². The zero-order valence-electron chi connectivity index (χ0n) is 13.4. The first-order valence-electron chi connectivity index (χ1n) is 7.44. The minimum absolute atomic E-state index is 0.00607. The van der Waals surface area contributed by atoms with Crippen molar-refractivity contribution in [3.05, 3.63) is 59.7 Å². The summed E-state index contributed by atoms with van der Waals surface area (Å²) >= 11 is 0. The van der Waals surface area contributed by atoms with Gasteiger partial charge in [0.1, 0.15) is 17.3 Å². The van der Waals surface area contributed by atoms with Gasteiger partial charge in [-0.25, -0.2) is 8.78 Å². The predicted molar refractivity (Wildman–Crippen MR) is 88.8 cm³/mol. The molecule has 2 amide bonds. The number of nitriles is 1. The van der Waals surface area contributed by atoms with Gasteiger partial charge in [-0.2, -0.15) is 5.26 Å². The number of hydrogen-bond donors (Lipinski definition) is 1. The molecular formula is C18H15F2N3O2. The number of anilines is 2. The summed E-state index contributed by atoms with van der Waals surface area (Å²) in [6.07, 6.45) is -0.163. The molecular weight excluding hydrogens is 328 g/mol. The Labute approximate surface area is 143 Å². The monoisotopic (exact) mass is 343 g/mol.